The molecule has 0 aliphatic carbocycles. The maximum absolute atomic E-state index is 16.1. The summed E-state index contributed by atoms with van der Waals surface area (Å²) >= 11 is 0. The van der Waals surface area contributed by atoms with Crippen LogP contribution in [-0.4, -0.2) is 33.2 Å². The van der Waals surface area contributed by atoms with Crippen molar-refractivity contribution >= 4 is 31.2 Å². The second-order valence-corrected chi connectivity index (χ2v) is 10.6. The second kappa shape index (κ2) is 6.82. The predicted molar refractivity (Wildman–Crippen MR) is 100 cm³/mol. The molecule has 9 heteroatoms. The highest BCUT2D eigenvalue weighted by molar-refractivity contribution is 8.12. The summed E-state index contributed by atoms with van der Waals surface area (Å²) in [5, 5.41) is 0. The maximum atomic E-state index is 16.1. The van der Waals surface area contributed by atoms with Gasteiger partial charge in [-0.25, -0.2) is 21.2 Å². The molecule has 6 nitrogen and oxygen atoms in total. The van der Waals surface area contributed by atoms with E-state index in [1.54, 1.807) is 30.3 Å². The number of allylic oxidation sites excluding steroid dienone is 1. The quantitative estimate of drug-likeness (QED) is 0.701. The topological polar surface area (TPSA) is 94.6 Å². The number of carbonyl (C=O) groups excluding carboxylic acids is 1. The van der Waals surface area contributed by atoms with Gasteiger partial charge in [0.05, 0.1) is 9.79 Å². The molecule has 0 saturated carbocycles. The van der Waals surface area contributed by atoms with Gasteiger partial charge in [-0.15, -0.1) is 0 Å². The Bertz CT molecular complexity index is 1110. The predicted octanol–water partition coefficient (Wildman–Crippen LogP) is 2.91. The highest BCUT2D eigenvalue weighted by Crippen LogP contribution is 2.50. The Hall–Kier alpha value is -2.52. The Kier molecular flexibility index (Phi) is 4.93. The molecule has 1 aliphatic rings. The molecule has 0 spiro atoms. The molecule has 1 aliphatic heterocycles. The summed E-state index contributed by atoms with van der Waals surface area (Å²) in [6.07, 6.45) is -1.18. The van der Waals surface area contributed by atoms with Gasteiger partial charge in [0.2, 0.25) is 19.7 Å². The zero-order valence-corrected chi connectivity index (χ0v) is 16.6. The monoisotopic (exact) mass is 424 g/mol. The largest absolute Gasteiger partial charge is 0.452 e. The number of esters is 1. The summed E-state index contributed by atoms with van der Waals surface area (Å²) in [4.78, 5) is 10.3. The number of fused-ring (bicyclic) bond motifs is 1. The number of sulfone groups is 2. The standard InChI is InChI=1S/C19H17FO6S2/c1-13(15-8-4-3-5-9-15)12-18(26-14(2)21)19(20)27(22,23)16-10-6-7-11-17(16)28(19,24)25/h3-12,18H,1-2H3/t18-/m0/s1. The summed E-state index contributed by atoms with van der Waals surface area (Å²) in [5.41, 5.74) is 0.943. The molecule has 2 aromatic carbocycles. The molecule has 1 heterocycles. The molecule has 0 N–H and O–H groups in total. The van der Waals surface area contributed by atoms with E-state index in [0.29, 0.717) is 11.1 Å². The number of carbonyl (C=O) groups is 1. The van der Waals surface area contributed by atoms with E-state index < -0.39 is 45.9 Å². The fourth-order valence-corrected chi connectivity index (χ4v) is 8.03. The first-order valence-electron chi connectivity index (χ1n) is 8.21. The van der Waals surface area contributed by atoms with Crippen molar-refractivity contribution in [3.63, 3.8) is 0 Å². The van der Waals surface area contributed by atoms with Crippen LogP contribution < -0.4 is 0 Å². The Morgan fingerprint density at radius 1 is 0.929 bits per heavy atom. The SMILES string of the molecule is CC(=O)O[C@@H](C=C(C)c1ccccc1)C1(F)S(=O)(=O)c2ccccc2S1(=O)=O. The van der Waals surface area contributed by atoms with Crippen LogP contribution in [0.1, 0.15) is 19.4 Å². The van der Waals surface area contributed by atoms with E-state index in [-0.39, 0.29) is 0 Å². The lowest BCUT2D eigenvalue weighted by molar-refractivity contribution is -0.146. The van der Waals surface area contributed by atoms with Gasteiger partial charge in [0.15, 0.2) is 6.10 Å². The van der Waals surface area contributed by atoms with Gasteiger partial charge in [-0.3, -0.25) is 4.79 Å². The van der Waals surface area contributed by atoms with Gasteiger partial charge in [0.25, 0.3) is 0 Å². The van der Waals surface area contributed by atoms with Crippen molar-refractivity contribution in [2.45, 2.75) is 34.1 Å². The first kappa shape index (κ1) is 20.2. The van der Waals surface area contributed by atoms with E-state index in [1.807, 2.05) is 0 Å². The molecule has 0 aromatic heterocycles. The van der Waals surface area contributed by atoms with Crippen LogP contribution in [0.15, 0.2) is 70.5 Å². The Balaban J connectivity index is 2.25. The Labute approximate surface area is 162 Å². The lowest BCUT2D eigenvalue weighted by Gasteiger charge is -2.26. The van der Waals surface area contributed by atoms with E-state index in [2.05, 4.69) is 0 Å². The van der Waals surface area contributed by atoms with Crippen LogP contribution in [0.5, 0.6) is 0 Å². The fraction of sp³-hybridized carbons (Fsp3) is 0.211. The van der Waals surface area contributed by atoms with E-state index in [0.717, 1.165) is 25.1 Å². The number of benzene rings is 2. The van der Waals surface area contributed by atoms with Crippen LogP contribution in [0.2, 0.25) is 0 Å². The van der Waals surface area contributed by atoms with Crippen molar-refractivity contribution in [3.05, 3.63) is 66.2 Å². The smallest absolute Gasteiger partial charge is 0.357 e. The average molecular weight is 424 g/mol. The van der Waals surface area contributed by atoms with Crippen LogP contribution >= 0.6 is 0 Å². The minimum atomic E-state index is -5.00. The van der Waals surface area contributed by atoms with Gasteiger partial charge in [0, 0.05) is 6.92 Å². The summed E-state index contributed by atoms with van der Waals surface area (Å²) < 4.78 is 68.6. The molecular weight excluding hydrogens is 407 g/mol. The van der Waals surface area contributed by atoms with Crippen LogP contribution in [0.3, 0.4) is 0 Å². The molecule has 0 fully saturated rings. The molecule has 1 atom stereocenters. The lowest BCUT2D eigenvalue weighted by Crippen LogP contribution is -2.48. The summed E-state index contributed by atoms with van der Waals surface area (Å²) in [6, 6.07) is 13.1. The summed E-state index contributed by atoms with van der Waals surface area (Å²) in [7, 11) is -10.0. The normalized spacial score (nSPS) is 20.2. The second-order valence-electron chi connectivity index (χ2n) is 6.28. The first-order valence-corrected chi connectivity index (χ1v) is 11.2. The van der Waals surface area contributed by atoms with E-state index >= 15 is 4.39 Å². The summed E-state index contributed by atoms with van der Waals surface area (Å²) in [5.74, 6) is -1.01. The minimum Gasteiger partial charge on any atom is -0.452 e. The lowest BCUT2D eigenvalue weighted by atomic mass is 10.1. The fourth-order valence-electron chi connectivity index (χ4n) is 3.05. The van der Waals surface area contributed by atoms with Gasteiger partial charge >= 0.3 is 10.3 Å². The van der Waals surface area contributed by atoms with Crippen LogP contribution in [0.4, 0.5) is 4.39 Å². The van der Waals surface area contributed by atoms with Gasteiger partial charge in [-0.2, -0.15) is 0 Å². The molecule has 0 radical (unpaired) electrons. The highest BCUT2D eigenvalue weighted by Gasteiger charge is 2.69. The minimum absolute atomic E-state index is 0.352. The van der Waals surface area contributed by atoms with E-state index in [9.17, 15) is 21.6 Å². The maximum Gasteiger partial charge on any atom is 0.357 e. The van der Waals surface area contributed by atoms with Crippen molar-refractivity contribution in [2.24, 2.45) is 0 Å². The first-order chi connectivity index (χ1) is 13.0. The van der Waals surface area contributed by atoms with Crippen LogP contribution in [0, 0.1) is 0 Å². The van der Waals surface area contributed by atoms with Crippen molar-refractivity contribution in [3.8, 4) is 0 Å². The third kappa shape index (κ3) is 2.85. The van der Waals surface area contributed by atoms with Gasteiger partial charge < -0.3 is 4.74 Å². The molecule has 148 valence electrons. The number of rotatable bonds is 4. The molecule has 0 amide bonds. The van der Waals surface area contributed by atoms with Crippen molar-refractivity contribution in [1.29, 1.82) is 0 Å². The molecule has 28 heavy (non-hydrogen) atoms. The van der Waals surface area contributed by atoms with Crippen LogP contribution in [-0.2, 0) is 29.2 Å². The molecule has 3 rings (SSSR count). The number of halogens is 1. The molecule has 0 bridgehead atoms. The van der Waals surface area contributed by atoms with Crippen molar-refractivity contribution in [2.75, 3.05) is 0 Å². The van der Waals surface area contributed by atoms with Crippen molar-refractivity contribution < 1.29 is 30.8 Å². The molecule has 2 aromatic rings. The van der Waals surface area contributed by atoms with E-state index in [1.165, 1.54) is 19.1 Å². The van der Waals surface area contributed by atoms with Crippen molar-refractivity contribution in [1.82, 2.24) is 0 Å². The number of alkyl halides is 1. The Morgan fingerprint density at radius 3 is 1.86 bits per heavy atom. The zero-order valence-electron chi connectivity index (χ0n) is 15.0. The van der Waals surface area contributed by atoms with Crippen LogP contribution in [0.25, 0.3) is 5.57 Å². The van der Waals surface area contributed by atoms with Gasteiger partial charge in [0.1, 0.15) is 0 Å². The zero-order chi connectivity index (χ0) is 20.7. The molecular formula is C19H17FO6S2. The molecule has 0 unspecified atom stereocenters. The van der Waals surface area contributed by atoms with Gasteiger partial charge in [-0.05, 0) is 36.3 Å². The number of hydrogen-bond acceptors (Lipinski definition) is 6. The number of hydrogen-bond donors (Lipinski definition) is 0. The molecule has 0 saturated heterocycles. The average Bonchev–Trinajstić information content (AvgIpc) is 2.78. The van der Waals surface area contributed by atoms with Gasteiger partial charge in [-0.1, -0.05) is 42.5 Å². The third-order valence-electron chi connectivity index (χ3n) is 4.42. The van der Waals surface area contributed by atoms with E-state index in [4.69, 9.17) is 4.74 Å². The Morgan fingerprint density at radius 2 is 1.39 bits per heavy atom. The third-order valence-corrected chi connectivity index (χ3v) is 9.67. The highest BCUT2D eigenvalue weighted by atomic mass is 32.3. The summed E-state index contributed by atoms with van der Waals surface area (Å²) in [6.45, 7) is 2.49. The number of ether oxygens (including phenoxy) is 1.